The average Bonchev–Trinajstić information content (AvgIpc) is 3.48. The summed E-state index contributed by atoms with van der Waals surface area (Å²) < 4.78 is 6.50. The fraction of sp³-hybridized carbons (Fsp3) is 0.0250. The normalized spacial score (nSPS) is 11.2. The van der Waals surface area contributed by atoms with Crippen LogP contribution in [0.25, 0.3) is 55.8 Å². The lowest BCUT2D eigenvalue weighted by atomic mass is 10.0. The maximum absolute atomic E-state index is 6.50. The van der Waals surface area contributed by atoms with Gasteiger partial charge < -0.3 is 9.32 Å². The summed E-state index contributed by atoms with van der Waals surface area (Å²) in [5.41, 5.74) is 8.96. The molecule has 8 rings (SSSR count). The molecule has 0 saturated carbocycles. The van der Waals surface area contributed by atoms with E-state index in [2.05, 4.69) is 107 Å². The molecule has 5 nitrogen and oxygen atoms in total. The molecule has 2 aromatic heterocycles. The van der Waals surface area contributed by atoms with Crippen molar-refractivity contribution in [3.63, 3.8) is 0 Å². The lowest BCUT2D eigenvalue weighted by Crippen LogP contribution is -2.09. The third-order valence-corrected chi connectivity index (χ3v) is 8.01. The van der Waals surface area contributed by atoms with E-state index in [0.29, 0.717) is 17.5 Å². The Morgan fingerprint density at radius 3 is 1.80 bits per heavy atom. The van der Waals surface area contributed by atoms with Gasteiger partial charge in [-0.05, 0) is 60.5 Å². The number of benzene rings is 6. The van der Waals surface area contributed by atoms with Crippen molar-refractivity contribution in [2.75, 3.05) is 4.90 Å². The van der Waals surface area contributed by atoms with Crippen molar-refractivity contribution >= 4 is 39.0 Å². The van der Waals surface area contributed by atoms with Gasteiger partial charge in [-0.15, -0.1) is 0 Å². The second-order valence-electron chi connectivity index (χ2n) is 10.9. The summed E-state index contributed by atoms with van der Waals surface area (Å²) in [6.07, 6.45) is 0. The minimum absolute atomic E-state index is 0.628. The second kappa shape index (κ2) is 11.2. The molecule has 0 aliphatic carbocycles. The number of fused-ring (bicyclic) bond motifs is 3. The van der Waals surface area contributed by atoms with E-state index in [1.165, 1.54) is 11.1 Å². The van der Waals surface area contributed by atoms with Crippen molar-refractivity contribution in [2.24, 2.45) is 0 Å². The molecule has 0 saturated heterocycles. The van der Waals surface area contributed by atoms with E-state index in [-0.39, 0.29) is 0 Å². The summed E-state index contributed by atoms with van der Waals surface area (Å²) in [7, 11) is 0. The Hall–Kier alpha value is -6.07. The highest BCUT2D eigenvalue weighted by molar-refractivity contribution is 6.12. The standard InChI is InChI=1S/C40H28N4O/c1-27-41-39(30-14-7-3-8-15-30)43-40(42-27)35-18-11-19-36-38(35)34-25-24-33(26-37(34)45-36)44(31-16-9-4-10-17-31)32-22-20-29(21-23-32)28-12-5-2-6-13-28/h2-26H,1H3. The van der Waals surface area contributed by atoms with Crippen molar-refractivity contribution in [1.82, 2.24) is 15.0 Å². The van der Waals surface area contributed by atoms with Gasteiger partial charge in [0.05, 0.1) is 0 Å². The number of para-hydroxylation sites is 1. The van der Waals surface area contributed by atoms with Crippen LogP contribution in [0.4, 0.5) is 17.1 Å². The highest BCUT2D eigenvalue weighted by atomic mass is 16.3. The van der Waals surface area contributed by atoms with Crippen molar-refractivity contribution in [3.05, 3.63) is 157 Å². The fourth-order valence-electron chi connectivity index (χ4n) is 5.92. The number of aromatic nitrogens is 3. The number of rotatable bonds is 6. The molecule has 2 heterocycles. The fourth-order valence-corrected chi connectivity index (χ4v) is 5.92. The summed E-state index contributed by atoms with van der Waals surface area (Å²) in [5.74, 6) is 1.95. The van der Waals surface area contributed by atoms with Gasteiger partial charge in [-0.1, -0.05) is 103 Å². The molecule has 0 fully saturated rings. The SMILES string of the molecule is Cc1nc(-c2ccccc2)nc(-c2cccc3oc4cc(N(c5ccccc5)c5ccc(-c6ccccc6)cc5)ccc4c23)n1. The van der Waals surface area contributed by atoms with Crippen LogP contribution in [0.15, 0.2) is 156 Å². The zero-order valence-electron chi connectivity index (χ0n) is 24.6. The van der Waals surface area contributed by atoms with Gasteiger partial charge in [-0.3, -0.25) is 0 Å². The van der Waals surface area contributed by atoms with Gasteiger partial charge in [0.2, 0.25) is 0 Å². The molecule has 0 radical (unpaired) electrons. The van der Waals surface area contributed by atoms with Gasteiger partial charge in [0.15, 0.2) is 11.6 Å². The molecule has 0 amide bonds. The minimum Gasteiger partial charge on any atom is -0.456 e. The molecule has 0 unspecified atom stereocenters. The van der Waals surface area contributed by atoms with Gasteiger partial charge >= 0.3 is 0 Å². The molecule has 0 atom stereocenters. The third-order valence-electron chi connectivity index (χ3n) is 8.01. The Morgan fingerprint density at radius 2 is 1.07 bits per heavy atom. The Balaban J connectivity index is 1.24. The zero-order chi connectivity index (χ0) is 30.2. The van der Waals surface area contributed by atoms with Gasteiger partial charge in [0, 0.05) is 45.0 Å². The van der Waals surface area contributed by atoms with E-state index in [1.807, 2.05) is 61.5 Å². The predicted octanol–water partition coefficient (Wildman–Crippen LogP) is 10.6. The van der Waals surface area contributed by atoms with Gasteiger partial charge in [0.25, 0.3) is 0 Å². The number of nitrogens with zero attached hydrogens (tertiary/aromatic N) is 4. The molecule has 5 heteroatoms. The van der Waals surface area contributed by atoms with E-state index in [0.717, 1.165) is 50.1 Å². The Bertz CT molecular complexity index is 2260. The van der Waals surface area contributed by atoms with Crippen LogP contribution in [-0.4, -0.2) is 15.0 Å². The average molecular weight is 581 g/mol. The minimum atomic E-state index is 0.628. The van der Waals surface area contributed by atoms with E-state index >= 15 is 0 Å². The smallest absolute Gasteiger partial charge is 0.164 e. The molecule has 45 heavy (non-hydrogen) atoms. The first kappa shape index (κ1) is 26.5. The van der Waals surface area contributed by atoms with Crippen LogP contribution in [0.5, 0.6) is 0 Å². The highest BCUT2D eigenvalue weighted by Crippen LogP contribution is 2.41. The molecule has 0 bridgehead atoms. The molecule has 0 aliphatic rings. The first-order valence-corrected chi connectivity index (χ1v) is 15.0. The first-order valence-electron chi connectivity index (χ1n) is 15.0. The monoisotopic (exact) mass is 580 g/mol. The summed E-state index contributed by atoms with van der Waals surface area (Å²) in [4.78, 5) is 16.5. The molecule has 0 aliphatic heterocycles. The van der Waals surface area contributed by atoms with E-state index in [1.54, 1.807) is 0 Å². The largest absolute Gasteiger partial charge is 0.456 e. The Labute approximate surface area is 261 Å². The topological polar surface area (TPSA) is 55.1 Å². The van der Waals surface area contributed by atoms with Crippen molar-refractivity contribution in [2.45, 2.75) is 6.92 Å². The lowest BCUT2D eigenvalue weighted by molar-refractivity contribution is 0.669. The summed E-state index contributed by atoms with van der Waals surface area (Å²) >= 11 is 0. The molecular weight excluding hydrogens is 552 g/mol. The maximum Gasteiger partial charge on any atom is 0.164 e. The summed E-state index contributed by atoms with van der Waals surface area (Å²) in [6.45, 7) is 1.90. The van der Waals surface area contributed by atoms with Gasteiger partial charge in [-0.2, -0.15) is 0 Å². The van der Waals surface area contributed by atoms with Crippen LogP contribution in [0, 0.1) is 6.92 Å². The number of aryl methyl sites for hydroxylation is 1. The van der Waals surface area contributed by atoms with Crippen LogP contribution < -0.4 is 4.90 Å². The zero-order valence-corrected chi connectivity index (χ0v) is 24.6. The molecule has 0 spiro atoms. The van der Waals surface area contributed by atoms with Crippen LogP contribution in [0.2, 0.25) is 0 Å². The quantitative estimate of drug-likeness (QED) is 0.196. The lowest BCUT2D eigenvalue weighted by Gasteiger charge is -2.25. The first-order chi connectivity index (χ1) is 22.2. The molecular formula is C40H28N4O. The molecule has 214 valence electrons. The van der Waals surface area contributed by atoms with Crippen LogP contribution in [0.1, 0.15) is 5.82 Å². The van der Waals surface area contributed by atoms with Gasteiger partial charge in [-0.25, -0.2) is 15.0 Å². The predicted molar refractivity (Wildman–Crippen MR) is 183 cm³/mol. The van der Waals surface area contributed by atoms with Crippen LogP contribution in [0.3, 0.4) is 0 Å². The van der Waals surface area contributed by atoms with Crippen LogP contribution in [-0.2, 0) is 0 Å². The van der Waals surface area contributed by atoms with Crippen molar-refractivity contribution < 1.29 is 4.42 Å². The van der Waals surface area contributed by atoms with E-state index in [4.69, 9.17) is 14.4 Å². The third kappa shape index (κ3) is 5.00. The number of hydrogen-bond donors (Lipinski definition) is 0. The number of anilines is 3. The molecule has 6 aromatic carbocycles. The van der Waals surface area contributed by atoms with Crippen molar-refractivity contribution in [3.8, 4) is 33.9 Å². The molecule has 0 N–H and O–H groups in total. The maximum atomic E-state index is 6.50. The highest BCUT2D eigenvalue weighted by Gasteiger charge is 2.19. The van der Waals surface area contributed by atoms with Crippen molar-refractivity contribution in [1.29, 1.82) is 0 Å². The summed E-state index contributed by atoms with van der Waals surface area (Å²) in [6, 6.07) is 52.0. The second-order valence-corrected chi connectivity index (χ2v) is 10.9. The Kier molecular flexibility index (Phi) is 6.61. The summed E-state index contributed by atoms with van der Waals surface area (Å²) in [5, 5.41) is 2.00. The van der Waals surface area contributed by atoms with Crippen LogP contribution >= 0.6 is 0 Å². The van der Waals surface area contributed by atoms with E-state index in [9.17, 15) is 0 Å². The van der Waals surface area contributed by atoms with E-state index < -0.39 is 0 Å². The number of hydrogen-bond acceptors (Lipinski definition) is 5. The number of furan rings is 1. The molecule has 8 aromatic rings. The Morgan fingerprint density at radius 1 is 0.467 bits per heavy atom. The van der Waals surface area contributed by atoms with Gasteiger partial charge in [0.1, 0.15) is 17.0 Å².